The third-order valence-corrected chi connectivity index (χ3v) is 3.02. The van der Waals surface area contributed by atoms with Crippen LogP contribution in [0, 0.1) is 0 Å². The normalized spacial score (nSPS) is 11.4. The summed E-state index contributed by atoms with van der Waals surface area (Å²) in [5.41, 5.74) is 1.19. The Bertz CT molecular complexity index is 519. The van der Waals surface area contributed by atoms with Crippen LogP contribution in [-0.2, 0) is 17.8 Å². The van der Waals surface area contributed by atoms with Crippen molar-refractivity contribution in [3.05, 3.63) is 35.7 Å². The van der Waals surface area contributed by atoms with Crippen molar-refractivity contribution in [1.82, 2.24) is 20.0 Å². The van der Waals surface area contributed by atoms with E-state index in [0.717, 1.165) is 18.9 Å². The molecule has 0 saturated carbocycles. The quantitative estimate of drug-likeness (QED) is 0.746. The number of methoxy groups -OCH3 is 1. The van der Waals surface area contributed by atoms with Gasteiger partial charge in [-0.1, -0.05) is 19.0 Å². The first-order valence-electron chi connectivity index (χ1n) is 6.87. The van der Waals surface area contributed by atoms with Crippen LogP contribution in [0.15, 0.2) is 22.9 Å². The van der Waals surface area contributed by atoms with Gasteiger partial charge in [-0.25, -0.2) is 0 Å². The van der Waals surface area contributed by atoms with Gasteiger partial charge in [-0.15, -0.1) is 0 Å². The van der Waals surface area contributed by atoms with Crippen LogP contribution in [0.3, 0.4) is 0 Å². The molecule has 0 saturated heterocycles. The van der Waals surface area contributed by atoms with Gasteiger partial charge in [0.2, 0.25) is 5.89 Å². The molecule has 0 aliphatic heterocycles. The zero-order chi connectivity index (χ0) is 14.4. The van der Waals surface area contributed by atoms with Gasteiger partial charge in [0.05, 0.1) is 6.61 Å². The van der Waals surface area contributed by atoms with E-state index in [2.05, 4.69) is 39.9 Å². The van der Waals surface area contributed by atoms with Crippen molar-refractivity contribution >= 4 is 0 Å². The minimum atomic E-state index is 0.285. The van der Waals surface area contributed by atoms with E-state index < -0.39 is 0 Å². The van der Waals surface area contributed by atoms with Crippen LogP contribution in [-0.4, -0.2) is 35.0 Å². The summed E-state index contributed by atoms with van der Waals surface area (Å²) in [4.78, 5) is 4.40. The van der Waals surface area contributed by atoms with Gasteiger partial charge >= 0.3 is 0 Å². The fourth-order valence-electron chi connectivity index (χ4n) is 1.87. The summed E-state index contributed by atoms with van der Waals surface area (Å²) in [5, 5.41) is 7.31. The van der Waals surface area contributed by atoms with Gasteiger partial charge in [-0.05, 0) is 12.1 Å². The van der Waals surface area contributed by atoms with Gasteiger partial charge in [-0.3, -0.25) is 0 Å². The molecule has 0 spiro atoms. The van der Waals surface area contributed by atoms with Crippen LogP contribution >= 0.6 is 0 Å². The summed E-state index contributed by atoms with van der Waals surface area (Å²) < 4.78 is 12.4. The second-order valence-corrected chi connectivity index (χ2v) is 5.00. The molecular formula is C14H22N4O2. The Morgan fingerprint density at radius 1 is 1.45 bits per heavy atom. The monoisotopic (exact) mass is 278 g/mol. The van der Waals surface area contributed by atoms with E-state index in [4.69, 9.17) is 9.26 Å². The molecule has 1 N–H and O–H groups in total. The fraction of sp³-hybridized carbons (Fsp3) is 0.571. The van der Waals surface area contributed by atoms with Crippen molar-refractivity contribution in [2.75, 3.05) is 20.3 Å². The summed E-state index contributed by atoms with van der Waals surface area (Å²) in [6, 6.07) is 4.10. The van der Waals surface area contributed by atoms with E-state index in [1.165, 1.54) is 5.69 Å². The molecule has 110 valence electrons. The molecule has 0 aromatic carbocycles. The molecule has 2 aromatic rings. The van der Waals surface area contributed by atoms with Crippen molar-refractivity contribution in [3.8, 4) is 0 Å². The number of rotatable bonds is 8. The highest BCUT2D eigenvalue weighted by molar-refractivity contribution is 5.08. The molecule has 2 heterocycles. The van der Waals surface area contributed by atoms with Gasteiger partial charge in [0.15, 0.2) is 5.82 Å². The molecular weight excluding hydrogens is 256 g/mol. The summed E-state index contributed by atoms with van der Waals surface area (Å²) >= 11 is 0. The number of aromatic nitrogens is 3. The first kappa shape index (κ1) is 14.7. The topological polar surface area (TPSA) is 65.1 Å². The van der Waals surface area contributed by atoms with E-state index in [1.54, 1.807) is 7.11 Å². The second-order valence-electron chi connectivity index (χ2n) is 5.00. The van der Waals surface area contributed by atoms with Crippen LogP contribution in [0.4, 0.5) is 0 Å². The fourth-order valence-corrected chi connectivity index (χ4v) is 1.87. The van der Waals surface area contributed by atoms with Crippen molar-refractivity contribution < 1.29 is 9.26 Å². The summed E-state index contributed by atoms with van der Waals surface area (Å²) in [7, 11) is 1.70. The molecule has 2 rings (SSSR count). The predicted octanol–water partition coefficient (Wildman–Crippen LogP) is 1.78. The van der Waals surface area contributed by atoms with Crippen molar-refractivity contribution in [2.24, 2.45) is 0 Å². The minimum Gasteiger partial charge on any atom is -0.383 e. The average molecular weight is 278 g/mol. The Kier molecular flexibility index (Phi) is 5.31. The Labute approximate surface area is 119 Å². The molecule has 0 unspecified atom stereocenters. The highest BCUT2D eigenvalue weighted by atomic mass is 16.5. The van der Waals surface area contributed by atoms with E-state index in [0.29, 0.717) is 19.0 Å². The number of nitrogens with zero attached hydrogens (tertiary/aromatic N) is 3. The lowest BCUT2D eigenvalue weighted by molar-refractivity contribution is 0.199. The highest BCUT2D eigenvalue weighted by Crippen LogP contribution is 2.11. The van der Waals surface area contributed by atoms with E-state index in [-0.39, 0.29) is 5.92 Å². The third kappa shape index (κ3) is 3.91. The zero-order valence-electron chi connectivity index (χ0n) is 12.3. The first-order valence-corrected chi connectivity index (χ1v) is 6.87. The van der Waals surface area contributed by atoms with Gasteiger partial charge in [0, 0.05) is 38.0 Å². The van der Waals surface area contributed by atoms with Crippen LogP contribution in [0.25, 0.3) is 0 Å². The van der Waals surface area contributed by atoms with Crippen LogP contribution in [0.2, 0.25) is 0 Å². The maximum atomic E-state index is 5.27. The summed E-state index contributed by atoms with van der Waals surface area (Å²) in [6.45, 7) is 7.04. The van der Waals surface area contributed by atoms with Gasteiger partial charge in [0.1, 0.15) is 6.54 Å². The van der Waals surface area contributed by atoms with Gasteiger partial charge in [-0.2, -0.15) is 4.98 Å². The summed E-state index contributed by atoms with van der Waals surface area (Å²) in [5.74, 6) is 1.68. The van der Waals surface area contributed by atoms with Crippen LogP contribution in [0.5, 0.6) is 0 Å². The van der Waals surface area contributed by atoms with Crippen molar-refractivity contribution in [1.29, 1.82) is 0 Å². The molecule has 0 fully saturated rings. The largest absolute Gasteiger partial charge is 0.383 e. The predicted molar refractivity (Wildman–Crippen MR) is 75.5 cm³/mol. The summed E-state index contributed by atoms with van der Waals surface area (Å²) in [6.07, 6.45) is 2.02. The molecule has 0 amide bonds. The lowest BCUT2D eigenvalue weighted by atomic mass is 10.2. The van der Waals surface area contributed by atoms with Gasteiger partial charge in [0.25, 0.3) is 0 Å². The Balaban J connectivity index is 1.93. The Morgan fingerprint density at radius 3 is 3.00 bits per heavy atom. The smallest absolute Gasteiger partial charge is 0.246 e. The SMILES string of the molecule is COCCNCc1cccn1Cc1nc(C(C)C)no1. The average Bonchev–Trinajstić information content (AvgIpc) is 3.05. The minimum absolute atomic E-state index is 0.285. The standard InChI is InChI=1S/C14H22N4O2/c1-11(2)14-16-13(20-17-14)10-18-7-4-5-12(18)9-15-6-8-19-3/h4-5,7,11,15H,6,8-10H2,1-3H3. The maximum Gasteiger partial charge on any atom is 0.246 e. The molecule has 0 aliphatic carbocycles. The number of hydrogen-bond donors (Lipinski definition) is 1. The molecule has 6 nitrogen and oxygen atoms in total. The molecule has 6 heteroatoms. The maximum absolute atomic E-state index is 5.27. The molecule has 0 atom stereocenters. The van der Waals surface area contributed by atoms with Crippen molar-refractivity contribution in [3.63, 3.8) is 0 Å². The Hall–Kier alpha value is -1.66. The number of hydrogen-bond acceptors (Lipinski definition) is 5. The molecule has 20 heavy (non-hydrogen) atoms. The van der Waals surface area contributed by atoms with E-state index in [1.807, 2.05) is 12.3 Å². The first-order chi connectivity index (χ1) is 9.70. The second kappa shape index (κ2) is 7.21. The lowest BCUT2D eigenvalue weighted by Gasteiger charge is -2.08. The highest BCUT2D eigenvalue weighted by Gasteiger charge is 2.11. The molecule has 0 aliphatic rings. The zero-order valence-corrected chi connectivity index (χ0v) is 12.3. The number of ether oxygens (including phenoxy) is 1. The lowest BCUT2D eigenvalue weighted by Crippen LogP contribution is -2.20. The molecule has 0 radical (unpaired) electrons. The molecule has 2 aromatic heterocycles. The Morgan fingerprint density at radius 2 is 2.30 bits per heavy atom. The number of nitrogens with one attached hydrogen (secondary N) is 1. The van der Waals surface area contributed by atoms with E-state index >= 15 is 0 Å². The van der Waals surface area contributed by atoms with Gasteiger partial charge < -0.3 is 19.1 Å². The third-order valence-electron chi connectivity index (χ3n) is 3.02. The van der Waals surface area contributed by atoms with Crippen LogP contribution < -0.4 is 5.32 Å². The van der Waals surface area contributed by atoms with Crippen LogP contribution in [0.1, 0.15) is 37.2 Å². The van der Waals surface area contributed by atoms with Crippen molar-refractivity contribution in [2.45, 2.75) is 32.9 Å². The molecule has 0 bridgehead atoms. The van der Waals surface area contributed by atoms with E-state index in [9.17, 15) is 0 Å².